The van der Waals surface area contributed by atoms with Crippen LogP contribution in [0.15, 0.2) is 36.4 Å². The Morgan fingerprint density at radius 2 is 1.86 bits per heavy atom. The maximum absolute atomic E-state index is 13.8. The standard InChI is InChI=1S/C18H22FNOS/c19-16-7-3-2-6-15(16)17-9-8-14(22-17)12-20-13-18(21)10-4-1-5-11-18/h2-3,6-9,20-21H,1,4-5,10-13H2. The number of hydrogen-bond acceptors (Lipinski definition) is 3. The van der Waals surface area contributed by atoms with Crippen molar-refractivity contribution in [3.63, 3.8) is 0 Å². The molecule has 0 saturated heterocycles. The summed E-state index contributed by atoms with van der Waals surface area (Å²) in [6.07, 6.45) is 5.26. The Morgan fingerprint density at radius 1 is 1.09 bits per heavy atom. The van der Waals surface area contributed by atoms with Gasteiger partial charge in [-0.2, -0.15) is 0 Å². The average Bonchev–Trinajstić information content (AvgIpc) is 2.97. The maximum atomic E-state index is 13.8. The van der Waals surface area contributed by atoms with Gasteiger partial charge in [0.1, 0.15) is 5.82 Å². The summed E-state index contributed by atoms with van der Waals surface area (Å²) in [5.41, 5.74) is 0.119. The Labute approximate surface area is 135 Å². The largest absolute Gasteiger partial charge is 0.389 e. The fourth-order valence-electron chi connectivity index (χ4n) is 3.08. The van der Waals surface area contributed by atoms with Crippen LogP contribution < -0.4 is 5.32 Å². The fourth-order valence-corrected chi connectivity index (χ4v) is 4.09. The van der Waals surface area contributed by atoms with Crippen LogP contribution >= 0.6 is 11.3 Å². The normalized spacial score (nSPS) is 17.5. The highest BCUT2D eigenvalue weighted by atomic mass is 32.1. The number of halogens is 1. The second-order valence-electron chi connectivity index (χ2n) is 6.13. The van der Waals surface area contributed by atoms with Crippen LogP contribution in [0.1, 0.15) is 37.0 Å². The number of benzene rings is 1. The Morgan fingerprint density at radius 3 is 2.64 bits per heavy atom. The lowest BCUT2D eigenvalue weighted by Gasteiger charge is -2.32. The van der Waals surface area contributed by atoms with Crippen molar-refractivity contribution in [2.45, 2.75) is 44.2 Å². The summed E-state index contributed by atoms with van der Waals surface area (Å²) in [6, 6.07) is 10.9. The number of thiophene rings is 1. The van der Waals surface area contributed by atoms with Crippen LogP contribution in [0, 0.1) is 5.82 Å². The predicted molar refractivity (Wildman–Crippen MR) is 89.5 cm³/mol. The smallest absolute Gasteiger partial charge is 0.131 e. The molecule has 2 N–H and O–H groups in total. The van der Waals surface area contributed by atoms with Crippen LogP contribution in [0.5, 0.6) is 0 Å². The van der Waals surface area contributed by atoms with Gasteiger partial charge in [-0.1, -0.05) is 37.5 Å². The molecule has 1 heterocycles. The molecule has 4 heteroatoms. The van der Waals surface area contributed by atoms with Gasteiger partial charge in [-0.3, -0.25) is 0 Å². The third kappa shape index (κ3) is 3.75. The van der Waals surface area contributed by atoms with E-state index in [1.165, 1.54) is 12.5 Å². The molecular formula is C18H22FNOS. The average molecular weight is 319 g/mol. The zero-order valence-electron chi connectivity index (χ0n) is 12.6. The zero-order valence-corrected chi connectivity index (χ0v) is 13.5. The SMILES string of the molecule is OC1(CNCc2ccc(-c3ccccc3F)s2)CCCCC1. The highest BCUT2D eigenvalue weighted by molar-refractivity contribution is 7.15. The van der Waals surface area contributed by atoms with Crippen LogP contribution in [0.2, 0.25) is 0 Å². The number of nitrogens with one attached hydrogen (secondary N) is 1. The molecule has 1 aliphatic rings. The van der Waals surface area contributed by atoms with Gasteiger partial charge in [0.15, 0.2) is 0 Å². The lowest BCUT2D eigenvalue weighted by Crippen LogP contribution is -2.41. The van der Waals surface area contributed by atoms with E-state index in [0.717, 1.165) is 42.0 Å². The predicted octanol–water partition coefficient (Wildman–Crippen LogP) is 4.34. The summed E-state index contributed by atoms with van der Waals surface area (Å²) in [5, 5.41) is 13.8. The monoisotopic (exact) mass is 319 g/mol. The molecular weight excluding hydrogens is 297 g/mol. The van der Waals surface area contributed by atoms with Crippen LogP contribution in [0.25, 0.3) is 10.4 Å². The highest BCUT2D eigenvalue weighted by Crippen LogP contribution is 2.30. The molecule has 0 spiro atoms. The first-order chi connectivity index (χ1) is 10.7. The summed E-state index contributed by atoms with van der Waals surface area (Å²) in [5.74, 6) is -0.180. The van der Waals surface area contributed by atoms with Gasteiger partial charge in [-0.05, 0) is 31.0 Å². The van der Waals surface area contributed by atoms with Gasteiger partial charge < -0.3 is 10.4 Å². The first-order valence-electron chi connectivity index (χ1n) is 7.93. The van der Waals surface area contributed by atoms with Crippen LogP contribution in [-0.4, -0.2) is 17.3 Å². The van der Waals surface area contributed by atoms with Crippen molar-refractivity contribution in [2.24, 2.45) is 0 Å². The molecule has 0 radical (unpaired) electrons. The van der Waals surface area contributed by atoms with Gasteiger partial charge in [-0.25, -0.2) is 4.39 Å². The Kier molecular flexibility index (Phi) is 4.91. The first-order valence-corrected chi connectivity index (χ1v) is 8.75. The minimum atomic E-state index is -0.538. The van der Waals surface area contributed by atoms with Crippen LogP contribution in [0.3, 0.4) is 0 Å². The summed E-state index contributed by atoms with van der Waals surface area (Å²) in [7, 11) is 0. The summed E-state index contributed by atoms with van der Waals surface area (Å²) in [4.78, 5) is 2.11. The van der Waals surface area contributed by atoms with E-state index in [0.29, 0.717) is 12.1 Å². The minimum absolute atomic E-state index is 0.180. The second-order valence-corrected chi connectivity index (χ2v) is 7.30. The second kappa shape index (κ2) is 6.90. The number of aliphatic hydroxyl groups is 1. The van der Waals surface area contributed by atoms with E-state index >= 15 is 0 Å². The molecule has 0 aliphatic heterocycles. The van der Waals surface area contributed by atoms with Crippen LogP contribution in [-0.2, 0) is 6.54 Å². The molecule has 3 rings (SSSR count). The number of hydrogen-bond donors (Lipinski definition) is 2. The van der Waals surface area contributed by atoms with E-state index in [1.807, 2.05) is 24.3 Å². The molecule has 0 atom stereocenters. The Hall–Kier alpha value is -1.23. The molecule has 22 heavy (non-hydrogen) atoms. The fraction of sp³-hybridized carbons (Fsp3) is 0.444. The topological polar surface area (TPSA) is 32.3 Å². The number of rotatable bonds is 5. The quantitative estimate of drug-likeness (QED) is 0.859. The lowest BCUT2D eigenvalue weighted by molar-refractivity contribution is 0.00472. The molecule has 2 nitrogen and oxygen atoms in total. The molecule has 1 fully saturated rings. The van der Waals surface area contributed by atoms with E-state index in [1.54, 1.807) is 17.4 Å². The Balaban J connectivity index is 1.57. The van der Waals surface area contributed by atoms with Crippen molar-refractivity contribution in [3.8, 4) is 10.4 Å². The van der Waals surface area contributed by atoms with Gasteiger partial charge in [-0.15, -0.1) is 11.3 Å². The molecule has 0 amide bonds. The molecule has 1 saturated carbocycles. The van der Waals surface area contributed by atoms with Gasteiger partial charge in [0.05, 0.1) is 5.60 Å². The van der Waals surface area contributed by atoms with Crippen molar-refractivity contribution in [1.82, 2.24) is 5.32 Å². The lowest BCUT2D eigenvalue weighted by atomic mass is 9.85. The van der Waals surface area contributed by atoms with Crippen molar-refractivity contribution < 1.29 is 9.50 Å². The zero-order chi connectivity index (χ0) is 15.4. The molecule has 0 bridgehead atoms. The van der Waals surface area contributed by atoms with Crippen molar-refractivity contribution in [2.75, 3.05) is 6.54 Å². The summed E-state index contributed by atoms with van der Waals surface area (Å²) < 4.78 is 13.8. The first kappa shape index (κ1) is 15.7. The van der Waals surface area contributed by atoms with E-state index in [4.69, 9.17) is 0 Å². The maximum Gasteiger partial charge on any atom is 0.131 e. The third-order valence-electron chi connectivity index (χ3n) is 4.34. The van der Waals surface area contributed by atoms with E-state index in [2.05, 4.69) is 5.32 Å². The highest BCUT2D eigenvalue weighted by Gasteiger charge is 2.28. The van der Waals surface area contributed by atoms with Gasteiger partial charge >= 0.3 is 0 Å². The molecule has 1 aromatic heterocycles. The molecule has 0 unspecified atom stereocenters. The van der Waals surface area contributed by atoms with Crippen molar-refractivity contribution in [1.29, 1.82) is 0 Å². The summed E-state index contributed by atoms with van der Waals surface area (Å²) >= 11 is 1.60. The Bertz CT molecular complexity index is 619. The van der Waals surface area contributed by atoms with E-state index < -0.39 is 5.60 Å². The molecule has 118 valence electrons. The van der Waals surface area contributed by atoms with Gasteiger partial charge in [0.2, 0.25) is 0 Å². The van der Waals surface area contributed by atoms with Crippen molar-refractivity contribution >= 4 is 11.3 Å². The van der Waals surface area contributed by atoms with Gasteiger partial charge in [0.25, 0.3) is 0 Å². The van der Waals surface area contributed by atoms with E-state index in [9.17, 15) is 9.50 Å². The molecule has 2 aromatic rings. The molecule has 1 aromatic carbocycles. The van der Waals surface area contributed by atoms with Crippen molar-refractivity contribution in [3.05, 3.63) is 47.1 Å². The minimum Gasteiger partial charge on any atom is -0.389 e. The molecule has 1 aliphatic carbocycles. The van der Waals surface area contributed by atoms with Crippen LogP contribution in [0.4, 0.5) is 4.39 Å². The third-order valence-corrected chi connectivity index (χ3v) is 5.46. The summed E-state index contributed by atoms with van der Waals surface area (Å²) in [6.45, 7) is 1.36. The van der Waals surface area contributed by atoms with E-state index in [-0.39, 0.29) is 5.82 Å². The van der Waals surface area contributed by atoms with Gasteiger partial charge in [0, 0.05) is 28.4 Å².